The molecule has 2 aliphatic rings. The van der Waals surface area contributed by atoms with E-state index in [1.165, 1.54) is 49.7 Å². The van der Waals surface area contributed by atoms with E-state index in [0.717, 1.165) is 6.54 Å². The van der Waals surface area contributed by atoms with Crippen LogP contribution in [0.25, 0.3) is 0 Å². The van der Waals surface area contributed by atoms with Crippen LogP contribution in [0.2, 0.25) is 0 Å². The number of nitrogens with one attached hydrogen (secondary N) is 1. The van der Waals surface area contributed by atoms with E-state index in [9.17, 15) is 0 Å². The van der Waals surface area contributed by atoms with Crippen molar-refractivity contribution in [2.24, 2.45) is 0 Å². The summed E-state index contributed by atoms with van der Waals surface area (Å²) in [6, 6.07) is 7.17. The smallest absolute Gasteiger partial charge is 0.0225 e. The molecule has 0 bridgehead atoms. The molecule has 0 radical (unpaired) electrons. The topological polar surface area (TPSA) is 12.0 Å². The predicted molar refractivity (Wildman–Crippen MR) is 81.5 cm³/mol. The van der Waals surface area contributed by atoms with Gasteiger partial charge in [0.15, 0.2) is 0 Å². The Balaban J connectivity index is 1.86. The van der Waals surface area contributed by atoms with E-state index < -0.39 is 0 Å². The van der Waals surface area contributed by atoms with Crippen molar-refractivity contribution >= 4 is 0 Å². The largest absolute Gasteiger partial charge is 0.307 e. The summed E-state index contributed by atoms with van der Waals surface area (Å²) in [5.74, 6) is 0. The van der Waals surface area contributed by atoms with Crippen LogP contribution < -0.4 is 5.32 Å². The standard InChI is InChI=1S/C18H27N/c1-17(2,3)16-8-7-14-12-18(9-5-4-6-10-18)19-13-15(14)11-16/h7-8,11,19H,4-6,9-10,12-13H2,1-3H3. The molecule has 1 fully saturated rings. The molecular weight excluding hydrogens is 230 g/mol. The van der Waals surface area contributed by atoms with Crippen molar-refractivity contribution in [1.82, 2.24) is 5.32 Å². The predicted octanol–water partition coefficient (Wildman–Crippen LogP) is 4.33. The normalized spacial score (nSPS) is 22.3. The molecule has 0 atom stereocenters. The molecule has 1 aromatic carbocycles. The first-order valence-electron chi connectivity index (χ1n) is 7.86. The van der Waals surface area contributed by atoms with Crippen LogP contribution in [-0.2, 0) is 18.4 Å². The van der Waals surface area contributed by atoms with Crippen molar-refractivity contribution in [3.63, 3.8) is 0 Å². The second-order valence-corrected chi connectivity index (χ2v) is 7.60. The molecule has 1 heteroatoms. The molecule has 0 aromatic heterocycles. The van der Waals surface area contributed by atoms with Crippen LogP contribution in [0.5, 0.6) is 0 Å². The first-order chi connectivity index (χ1) is 8.99. The Morgan fingerprint density at radius 2 is 1.74 bits per heavy atom. The van der Waals surface area contributed by atoms with Crippen molar-refractivity contribution in [2.75, 3.05) is 0 Å². The van der Waals surface area contributed by atoms with E-state index in [1.54, 1.807) is 5.56 Å². The zero-order valence-electron chi connectivity index (χ0n) is 12.7. The number of benzene rings is 1. The number of hydrogen-bond donors (Lipinski definition) is 1. The minimum atomic E-state index is 0.259. The van der Waals surface area contributed by atoms with Gasteiger partial charge in [-0.3, -0.25) is 0 Å². The van der Waals surface area contributed by atoms with E-state index in [1.807, 2.05) is 0 Å². The second-order valence-electron chi connectivity index (χ2n) is 7.60. The lowest BCUT2D eigenvalue weighted by Gasteiger charge is -2.42. The highest BCUT2D eigenvalue weighted by Crippen LogP contribution is 2.36. The lowest BCUT2D eigenvalue weighted by molar-refractivity contribution is 0.215. The van der Waals surface area contributed by atoms with Crippen LogP contribution in [0.1, 0.15) is 69.6 Å². The van der Waals surface area contributed by atoms with E-state index in [2.05, 4.69) is 44.3 Å². The summed E-state index contributed by atoms with van der Waals surface area (Å²) < 4.78 is 0. The maximum atomic E-state index is 3.87. The van der Waals surface area contributed by atoms with Crippen LogP contribution >= 0.6 is 0 Å². The fraction of sp³-hybridized carbons (Fsp3) is 0.667. The summed E-state index contributed by atoms with van der Waals surface area (Å²) in [5, 5.41) is 3.87. The lowest BCUT2D eigenvalue weighted by atomic mass is 9.74. The number of hydrogen-bond acceptors (Lipinski definition) is 1. The van der Waals surface area contributed by atoms with Crippen LogP contribution in [0, 0.1) is 0 Å². The Morgan fingerprint density at radius 3 is 2.42 bits per heavy atom. The summed E-state index contributed by atoms with van der Waals surface area (Å²) in [5.41, 5.74) is 5.27. The van der Waals surface area contributed by atoms with Crippen molar-refractivity contribution in [2.45, 2.75) is 76.8 Å². The SMILES string of the molecule is CC(C)(C)c1ccc2c(c1)CNC1(CCCCC1)C2. The van der Waals surface area contributed by atoms with Gasteiger partial charge >= 0.3 is 0 Å². The molecule has 1 aliphatic heterocycles. The summed E-state index contributed by atoms with van der Waals surface area (Å²) in [7, 11) is 0. The van der Waals surface area contributed by atoms with E-state index in [0.29, 0.717) is 5.54 Å². The summed E-state index contributed by atoms with van der Waals surface area (Å²) >= 11 is 0. The van der Waals surface area contributed by atoms with Gasteiger partial charge in [0, 0.05) is 12.1 Å². The molecule has 0 amide bonds. The molecule has 19 heavy (non-hydrogen) atoms. The van der Waals surface area contributed by atoms with E-state index in [-0.39, 0.29) is 5.41 Å². The van der Waals surface area contributed by atoms with Gasteiger partial charge in [-0.2, -0.15) is 0 Å². The van der Waals surface area contributed by atoms with Gasteiger partial charge in [-0.15, -0.1) is 0 Å². The Kier molecular flexibility index (Phi) is 3.21. The molecule has 1 N–H and O–H groups in total. The minimum Gasteiger partial charge on any atom is -0.307 e. The Morgan fingerprint density at radius 1 is 1.00 bits per heavy atom. The van der Waals surface area contributed by atoms with Crippen molar-refractivity contribution in [1.29, 1.82) is 0 Å². The average Bonchev–Trinajstić information content (AvgIpc) is 2.38. The number of fused-ring (bicyclic) bond motifs is 1. The van der Waals surface area contributed by atoms with Gasteiger partial charge in [-0.25, -0.2) is 0 Å². The van der Waals surface area contributed by atoms with Gasteiger partial charge in [-0.05, 0) is 41.4 Å². The molecule has 0 unspecified atom stereocenters. The van der Waals surface area contributed by atoms with Crippen molar-refractivity contribution in [3.8, 4) is 0 Å². The van der Waals surface area contributed by atoms with Gasteiger partial charge in [0.05, 0.1) is 0 Å². The van der Waals surface area contributed by atoms with Crippen molar-refractivity contribution in [3.05, 3.63) is 34.9 Å². The molecule has 1 nitrogen and oxygen atoms in total. The first-order valence-corrected chi connectivity index (χ1v) is 7.86. The third kappa shape index (κ3) is 2.58. The molecule has 1 aliphatic carbocycles. The fourth-order valence-electron chi connectivity index (χ4n) is 3.72. The second kappa shape index (κ2) is 4.63. The highest BCUT2D eigenvalue weighted by atomic mass is 15.0. The summed E-state index contributed by atoms with van der Waals surface area (Å²) in [4.78, 5) is 0. The van der Waals surface area contributed by atoms with Crippen molar-refractivity contribution < 1.29 is 0 Å². The minimum absolute atomic E-state index is 0.259. The van der Waals surface area contributed by atoms with Gasteiger partial charge < -0.3 is 5.32 Å². The Hall–Kier alpha value is -0.820. The molecular formula is C18H27N. The molecule has 1 heterocycles. The lowest BCUT2D eigenvalue weighted by Crippen LogP contribution is -2.51. The highest BCUT2D eigenvalue weighted by Gasteiger charge is 2.35. The zero-order chi connectivity index (χ0) is 13.5. The molecule has 0 saturated heterocycles. The Labute approximate surface area is 117 Å². The van der Waals surface area contributed by atoms with Gasteiger partial charge in [-0.1, -0.05) is 58.2 Å². The molecule has 3 rings (SSSR count). The van der Waals surface area contributed by atoms with E-state index in [4.69, 9.17) is 0 Å². The zero-order valence-corrected chi connectivity index (χ0v) is 12.7. The summed E-state index contributed by atoms with van der Waals surface area (Å²) in [6.45, 7) is 7.97. The Bertz CT molecular complexity index is 461. The fourth-order valence-corrected chi connectivity index (χ4v) is 3.72. The maximum Gasteiger partial charge on any atom is 0.0225 e. The quantitative estimate of drug-likeness (QED) is 0.729. The average molecular weight is 257 g/mol. The maximum absolute atomic E-state index is 3.87. The van der Waals surface area contributed by atoms with Crippen LogP contribution in [0.4, 0.5) is 0 Å². The highest BCUT2D eigenvalue weighted by molar-refractivity contribution is 5.38. The van der Waals surface area contributed by atoms with Gasteiger partial charge in [0.2, 0.25) is 0 Å². The van der Waals surface area contributed by atoms with Crippen LogP contribution in [-0.4, -0.2) is 5.54 Å². The third-order valence-corrected chi connectivity index (χ3v) is 5.07. The van der Waals surface area contributed by atoms with Gasteiger partial charge in [0.1, 0.15) is 0 Å². The third-order valence-electron chi connectivity index (χ3n) is 5.07. The first kappa shape index (κ1) is 13.2. The monoisotopic (exact) mass is 257 g/mol. The molecule has 1 spiro atoms. The van der Waals surface area contributed by atoms with E-state index >= 15 is 0 Å². The van der Waals surface area contributed by atoms with Crippen LogP contribution in [0.15, 0.2) is 18.2 Å². The van der Waals surface area contributed by atoms with Crippen LogP contribution in [0.3, 0.4) is 0 Å². The molecule has 104 valence electrons. The molecule has 1 aromatic rings. The summed E-state index contributed by atoms with van der Waals surface area (Å²) in [6.07, 6.45) is 8.22. The number of rotatable bonds is 0. The molecule has 1 saturated carbocycles. The van der Waals surface area contributed by atoms with Gasteiger partial charge in [0.25, 0.3) is 0 Å².